The lowest BCUT2D eigenvalue weighted by Gasteiger charge is -2.29. The molecule has 130 valence electrons. The molecule has 0 unspecified atom stereocenters. The summed E-state index contributed by atoms with van der Waals surface area (Å²) in [5.41, 5.74) is 0. The van der Waals surface area contributed by atoms with E-state index < -0.39 is 0 Å². The van der Waals surface area contributed by atoms with Gasteiger partial charge in [0.2, 0.25) is 0 Å². The zero-order valence-corrected chi connectivity index (χ0v) is 16.2. The molecule has 0 aromatic carbocycles. The largest absolute Gasteiger partial charge is 1.00 e. The van der Waals surface area contributed by atoms with Crippen LogP contribution in [0.1, 0.15) is 97.3 Å². The molecule has 0 aromatic heterocycles. The molecule has 0 atom stereocenters. The summed E-state index contributed by atoms with van der Waals surface area (Å²) in [5.74, 6) is 0. The van der Waals surface area contributed by atoms with Crippen LogP contribution in [0.2, 0.25) is 0 Å². The van der Waals surface area contributed by atoms with E-state index in [1.54, 1.807) is 0 Å². The fourth-order valence-electron chi connectivity index (χ4n) is 2.90. The van der Waals surface area contributed by atoms with Crippen molar-refractivity contribution in [2.45, 2.75) is 97.3 Å². The van der Waals surface area contributed by atoms with Crippen LogP contribution in [0.4, 0.5) is 0 Å². The Morgan fingerprint density at radius 1 is 0.476 bits per heavy atom. The second-order valence-electron chi connectivity index (χ2n) is 7.27. The SMILES string of the molecule is CCCCCCCCCCCCC[N+](C)(C)CCCC.[Cl-]. The number of unbranched alkanes of at least 4 members (excludes halogenated alkanes) is 11. The number of hydrogen-bond acceptors (Lipinski definition) is 0. The van der Waals surface area contributed by atoms with Crippen LogP contribution >= 0.6 is 0 Å². The van der Waals surface area contributed by atoms with Crippen LogP contribution in [0.25, 0.3) is 0 Å². The fourth-order valence-corrected chi connectivity index (χ4v) is 2.90. The average Bonchev–Trinajstić information content (AvgIpc) is 2.42. The van der Waals surface area contributed by atoms with Gasteiger partial charge in [-0.05, 0) is 19.3 Å². The molecule has 0 fully saturated rings. The van der Waals surface area contributed by atoms with Crippen LogP contribution in [-0.4, -0.2) is 31.7 Å². The summed E-state index contributed by atoms with van der Waals surface area (Å²) in [7, 11) is 4.79. The second kappa shape index (κ2) is 16.6. The van der Waals surface area contributed by atoms with Gasteiger partial charge in [0.1, 0.15) is 0 Å². The zero-order valence-electron chi connectivity index (χ0n) is 15.4. The first kappa shape index (κ1) is 23.5. The highest BCUT2D eigenvalue weighted by Gasteiger charge is 2.12. The Hall–Kier alpha value is 0.250. The Labute approximate surface area is 141 Å². The molecule has 21 heavy (non-hydrogen) atoms. The molecule has 0 aliphatic carbocycles. The minimum atomic E-state index is 0. The van der Waals surface area contributed by atoms with Gasteiger partial charge in [-0.2, -0.15) is 0 Å². The smallest absolute Gasteiger partial charge is 0.0782 e. The normalized spacial score (nSPS) is 11.4. The molecule has 0 radical (unpaired) electrons. The van der Waals surface area contributed by atoms with Crippen LogP contribution in [0, 0.1) is 0 Å². The molecule has 0 aliphatic heterocycles. The van der Waals surface area contributed by atoms with Crippen molar-refractivity contribution in [2.75, 3.05) is 27.2 Å². The number of rotatable bonds is 15. The maximum absolute atomic E-state index is 2.39. The van der Waals surface area contributed by atoms with E-state index in [1.165, 1.54) is 101 Å². The van der Waals surface area contributed by atoms with Gasteiger partial charge in [0, 0.05) is 0 Å². The third-order valence-electron chi connectivity index (χ3n) is 4.48. The number of quaternary nitrogens is 1. The Morgan fingerprint density at radius 3 is 1.24 bits per heavy atom. The van der Waals surface area contributed by atoms with Gasteiger partial charge in [-0.25, -0.2) is 0 Å². The van der Waals surface area contributed by atoms with Gasteiger partial charge < -0.3 is 16.9 Å². The molecule has 0 heterocycles. The van der Waals surface area contributed by atoms with E-state index in [4.69, 9.17) is 0 Å². The zero-order chi connectivity index (χ0) is 15.1. The maximum Gasteiger partial charge on any atom is 0.0782 e. The number of nitrogens with zero attached hydrogens (tertiary/aromatic N) is 1. The van der Waals surface area contributed by atoms with Crippen molar-refractivity contribution in [2.24, 2.45) is 0 Å². The molecule has 0 amide bonds. The van der Waals surface area contributed by atoms with E-state index >= 15 is 0 Å². The van der Waals surface area contributed by atoms with E-state index in [0.29, 0.717) is 0 Å². The van der Waals surface area contributed by atoms with E-state index in [1.807, 2.05) is 0 Å². The van der Waals surface area contributed by atoms with Crippen LogP contribution in [0.3, 0.4) is 0 Å². The highest BCUT2D eigenvalue weighted by molar-refractivity contribution is 4.48. The average molecular weight is 320 g/mol. The van der Waals surface area contributed by atoms with Gasteiger partial charge in [0.15, 0.2) is 0 Å². The lowest BCUT2D eigenvalue weighted by Crippen LogP contribution is -3.00. The topological polar surface area (TPSA) is 0 Å². The van der Waals surface area contributed by atoms with Crippen molar-refractivity contribution < 1.29 is 16.9 Å². The first-order valence-electron chi connectivity index (χ1n) is 9.44. The number of halogens is 1. The summed E-state index contributed by atoms with van der Waals surface area (Å²) in [4.78, 5) is 0. The third kappa shape index (κ3) is 18.2. The highest BCUT2D eigenvalue weighted by atomic mass is 35.5. The molecule has 0 rings (SSSR count). The lowest BCUT2D eigenvalue weighted by atomic mass is 10.1. The van der Waals surface area contributed by atoms with E-state index in [9.17, 15) is 0 Å². The van der Waals surface area contributed by atoms with Gasteiger partial charge in [-0.3, -0.25) is 0 Å². The first-order valence-corrected chi connectivity index (χ1v) is 9.44. The van der Waals surface area contributed by atoms with Crippen LogP contribution in [0.5, 0.6) is 0 Å². The Morgan fingerprint density at radius 2 is 0.810 bits per heavy atom. The molecular weight excluding hydrogens is 278 g/mol. The van der Waals surface area contributed by atoms with E-state index in [2.05, 4.69) is 27.9 Å². The third-order valence-corrected chi connectivity index (χ3v) is 4.48. The van der Waals surface area contributed by atoms with Crippen LogP contribution in [-0.2, 0) is 0 Å². The molecule has 0 spiro atoms. The number of hydrogen-bond donors (Lipinski definition) is 0. The highest BCUT2D eigenvalue weighted by Crippen LogP contribution is 2.12. The summed E-state index contributed by atoms with van der Waals surface area (Å²) >= 11 is 0. The second-order valence-corrected chi connectivity index (χ2v) is 7.27. The Kier molecular flexibility index (Phi) is 18.6. The van der Waals surface area contributed by atoms with E-state index in [0.717, 1.165) is 0 Å². The summed E-state index contributed by atoms with van der Waals surface area (Å²) in [5, 5.41) is 0. The van der Waals surface area contributed by atoms with Gasteiger partial charge in [-0.15, -0.1) is 0 Å². The van der Waals surface area contributed by atoms with E-state index in [-0.39, 0.29) is 12.4 Å². The van der Waals surface area contributed by atoms with Gasteiger partial charge in [0.25, 0.3) is 0 Å². The molecule has 0 saturated carbocycles. The molecule has 2 heteroatoms. The summed E-state index contributed by atoms with van der Waals surface area (Å²) < 4.78 is 1.23. The summed E-state index contributed by atoms with van der Waals surface area (Å²) in [6.45, 7) is 7.32. The standard InChI is InChI=1S/C19H42N.ClH/c1-5-7-9-10-11-12-13-14-15-16-17-19-20(3,4)18-8-6-2;/h5-19H2,1-4H3;1H/q+1;/p-1. The lowest BCUT2D eigenvalue weighted by molar-refractivity contribution is -0.890. The molecular formula is C19H42ClN. The first-order chi connectivity index (χ1) is 9.62. The summed E-state index contributed by atoms with van der Waals surface area (Å²) in [6, 6.07) is 0. The fraction of sp³-hybridized carbons (Fsp3) is 1.00. The van der Waals surface area contributed by atoms with Gasteiger partial charge in [-0.1, -0.05) is 78.1 Å². The summed E-state index contributed by atoms with van der Waals surface area (Å²) in [6.07, 6.45) is 18.7. The van der Waals surface area contributed by atoms with Crippen LogP contribution in [0.15, 0.2) is 0 Å². The van der Waals surface area contributed by atoms with Crippen molar-refractivity contribution >= 4 is 0 Å². The minimum absolute atomic E-state index is 0. The maximum atomic E-state index is 2.39. The van der Waals surface area contributed by atoms with Crippen molar-refractivity contribution in [3.05, 3.63) is 0 Å². The Balaban J connectivity index is 0. The molecule has 0 N–H and O–H groups in total. The van der Waals surface area contributed by atoms with Gasteiger partial charge >= 0.3 is 0 Å². The predicted octanol–water partition coefficient (Wildman–Crippen LogP) is 3.18. The minimum Gasteiger partial charge on any atom is -1.00 e. The van der Waals surface area contributed by atoms with Crippen molar-refractivity contribution in [3.8, 4) is 0 Å². The Bertz CT molecular complexity index is 192. The molecule has 0 saturated heterocycles. The monoisotopic (exact) mass is 319 g/mol. The molecule has 1 nitrogen and oxygen atoms in total. The molecule has 0 aromatic rings. The van der Waals surface area contributed by atoms with Crippen LogP contribution < -0.4 is 12.4 Å². The van der Waals surface area contributed by atoms with Crippen molar-refractivity contribution in [3.63, 3.8) is 0 Å². The molecule has 0 aliphatic rings. The van der Waals surface area contributed by atoms with Crippen molar-refractivity contribution in [1.82, 2.24) is 0 Å². The quantitative estimate of drug-likeness (QED) is 0.321. The van der Waals surface area contributed by atoms with Crippen molar-refractivity contribution in [1.29, 1.82) is 0 Å². The predicted molar refractivity (Wildman–Crippen MR) is 93.2 cm³/mol. The van der Waals surface area contributed by atoms with Gasteiger partial charge in [0.05, 0.1) is 27.2 Å². The molecule has 0 bridgehead atoms.